The normalized spacial score (nSPS) is 20.7. The quantitative estimate of drug-likeness (QED) is 0.340. The molecule has 3 aromatic rings. The minimum Gasteiger partial charge on any atom is -0.390 e. The second kappa shape index (κ2) is 10.8. The molecule has 3 atom stereocenters. The number of carbonyl (C=O) groups excluding carboxylic acids is 1. The maximum atomic E-state index is 13.8. The summed E-state index contributed by atoms with van der Waals surface area (Å²) in [6.45, 7) is 3.21. The number of hydrogen-bond donors (Lipinski definition) is 1. The van der Waals surface area contributed by atoms with Gasteiger partial charge in [-0.2, -0.15) is 4.72 Å². The van der Waals surface area contributed by atoms with Gasteiger partial charge in [0.1, 0.15) is 18.4 Å². The summed E-state index contributed by atoms with van der Waals surface area (Å²) in [5, 5.41) is 12.8. The van der Waals surface area contributed by atoms with Crippen molar-refractivity contribution in [2.45, 2.75) is 62.9 Å². The Balaban J connectivity index is 1.43. The van der Waals surface area contributed by atoms with Crippen molar-refractivity contribution in [1.82, 2.24) is 19.2 Å². The number of benzene rings is 2. The third-order valence-electron chi connectivity index (χ3n) is 8.11. The fourth-order valence-electron chi connectivity index (χ4n) is 6.08. The minimum absolute atomic E-state index is 0.0592. The molecule has 1 saturated carbocycles. The predicted molar refractivity (Wildman–Crippen MR) is 143 cm³/mol. The van der Waals surface area contributed by atoms with Crippen LogP contribution in [0, 0.1) is 28.9 Å². The van der Waals surface area contributed by atoms with E-state index >= 15 is 0 Å². The third kappa shape index (κ3) is 5.30. The molecule has 0 spiro atoms. The lowest BCUT2D eigenvalue weighted by molar-refractivity contribution is -0.396. The van der Waals surface area contributed by atoms with Gasteiger partial charge in [0.05, 0.1) is 11.4 Å². The number of amides is 1. The molecule has 1 amide bonds. The number of imidazole rings is 1. The number of nitrogens with zero attached hydrogens (tertiary/aromatic N) is 4. The van der Waals surface area contributed by atoms with Crippen LogP contribution in [0.25, 0.3) is 10.8 Å². The number of piperidine rings is 1. The first-order chi connectivity index (χ1) is 18.2. The number of carbonyl (C=O) groups is 1. The molecular formula is C27H33N5O5S. The minimum atomic E-state index is -4.08. The number of hydrogen-bond acceptors (Lipinski definition) is 6. The molecule has 1 unspecified atom stereocenters. The van der Waals surface area contributed by atoms with Gasteiger partial charge in [0.15, 0.2) is 0 Å². The maximum Gasteiger partial charge on any atom is 0.434 e. The van der Waals surface area contributed by atoms with E-state index in [-0.39, 0.29) is 29.7 Å². The van der Waals surface area contributed by atoms with Crippen LogP contribution in [0.2, 0.25) is 0 Å². The molecule has 2 heterocycles. The van der Waals surface area contributed by atoms with E-state index in [0.29, 0.717) is 30.3 Å². The van der Waals surface area contributed by atoms with Gasteiger partial charge in [-0.05, 0) is 53.5 Å². The fourth-order valence-corrected chi connectivity index (χ4v) is 7.51. The summed E-state index contributed by atoms with van der Waals surface area (Å²) in [4.78, 5) is 30.2. The first kappa shape index (κ1) is 26.3. The average molecular weight is 540 g/mol. The van der Waals surface area contributed by atoms with Gasteiger partial charge in [0.25, 0.3) is 0 Å². The number of sulfonamides is 1. The predicted octanol–water partition coefficient (Wildman–Crippen LogP) is 4.03. The first-order valence-corrected chi connectivity index (χ1v) is 14.7. The summed E-state index contributed by atoms with van der Waals surface area (Å²) < 4.78 is 31.4. The van der Waals surface area contributed by atoms with Crippen LogP contribution >= 0.6 is 0 Å². The molecule has 1 aliphatic carbocycles. The van der Waals surface area contributed by atoms with E-state index in [1.54, 1.807) is 29.2 Å². The Labute approximate surface area is 222 Å². The van der Waals surface area contributed by atoms with Crippen LogP contribution in [0.1, 0.15) is 44.1 Å². The molecule has 202 valence electrons. The van der Waals surface area contributed by atoms with E-state index in [9.17, 15) is 23.3 Å². The first-order valence-electron chi connectivity index (χ1n) is 13.2. The van der Waals surface area contributed by atoms with Crippen LogP contribution in [0.5, 0.6) is 0 Å². The highest BCUT2D eigenvalue weighted by Gasteiger charge is 2.37. The van der Waals surface area contributed by atoms with Crippen molar-refractivity contribution >= 4 is 32.7 Å². The van der Waals surface area contributed by atoms with E-state index in [4.69, 9.17) is 0 Å². The molecule has 0 radical (unpaired) electrons. The second-order valence-corrected chi connectivity index (χ2v) is 12.1. The number of aromatic nitrogens is 2. The molecule has 11 heteroatoms. The third-order valence-corrected chi connectivity index (χ3v) is 9.64. The summed E-state index contributed by atoms with van der Waals surface area (Å²) in [6, 6.07) is 9.54. The maximum absolute atomic E-state index is 13.8. The lowest BCUT2D eigenvalue weighted by Gasteiger charge is -2.42. The number of aryl methyl sites for hydroxylation is 2. The molecule has 2 fully saturated rings. The van der Waals surface area contributed by atoms with Crippen molar-refractivity contribution in [2.75, 3.05) is 13.1 Å². The number of fused-ring (bicyclic) bond motifs is 2. The van der Waals surface area contributed by atoms with Gasteiger partial charge in [-0.1, -0.05) is 54.6 Å². The van der Waals surface area contributed by atoms with Crippen molar-refractivity contribution in [3.8, 4) is 0 Å². The summed E-state index contributed by atoms with van der Waals surface area (Å²) in [5.41, 5.74) is 0.954. The topological polar surface area (TPSA) is 127 Å². The molecule has 2 aromatic carbocycles. The molecule has 2 aliphatic rings. The lowest BCUT2D eigenvalue weighted by atomic mass is 9.75. The Morgan fingerprint density at radius 2 is 1.87 bits per heavy atom. The Bertz CT molecular complexity index is 1450. The zero-order valence-corrected chi connectivity index (χ0v) is 22.3. The van der Waals surface area contributed by atoms with Gasteiger partial charge >= 0.3 is 5.95 Å². The highest BCUT2D eigenvalue weighted by atomic mass is 32.2. The monoisotopic (exact) mass is 539 g/mol. The molecule has 1 aliphatic heterocycles. The van der Waals surface area contributed by atoms with Crippen LogP contribution in [0.4, 0.5) is 5.95 Å². The van der Waals surface area contributed by atoms with Crippen molar-refractivity contribution in [3.05, 3.63) is 64.5 Å². The van der Waals surface area contributed by atoms with E-state index in [1.807, 2.05) is 19.1 Å². The van der Waals surface area contributed by atoms with Gasteiger partial charge in [-0.15, -0.1) is 0 Å². The number of likely N-dealkylation sites (tertiary alicyclic amines) is 1. The lowest BCUT2D eigenvalue weighted by Crippen LogP contribution is -2.53. The summed E-state index contributed by atoms with van der Waals surface area (Å²) in [6.07, 6.45) is 8.43. The van der Waals surface area contributed by atoms with Crippen molar-refractivity contribution in [1.29, 1.82) is 0 Å². The number of nitrogens with one attached hydrogen (secondary N) is 1. The average Bonchev–Trinajstić information content (AvgIpc) is 3.40. The van der Waals surface area contributed by atoms with Crippen molar-refractivity contribution < 1.29 is 18.1 Å². The van der Waals surface area contributed by atoms with E-state index < -0.39 is 21.0 Å². The smallest absolute Gasteiger partial charge is 0.390 e. The summed E-state index contributed by atoms with van der Waals surface area (Å²) >= 11 is 0. The fraction of sp³-hybridized carbons (Fsp3) is 0.481. The highest BCUT2D eigenvalue weighted by molar-refractivity contribution is 7.89. The molecule has 1 saturated heterocycles. The van der Waals surface area contributed by atoms with Crippen molar-refractivity contribution in [3.63, 3.8) is 0 Å². The van der Waals surface area contributed by atoms with Crippen LogP contribution in [0.3, 0.4) is 0 Å². The van der Waals surface area contributed by atoms with Gasteiger partial charge in [0, 0.05) is 24.9 Å². The van der Waals surface area contributed by atoms with Crippen LogP contribution in [0.15, 0.2) is 53.7 Å². The zero-order chi connectivity index (χ0) is 26.9. The van der Waals surface area contributed by atoms with Gasteiger partial charge in [-0.25, -0.2) is 13.0 Å². The Kier molecular flexibility index (Phi) is 7.49. The van der Waals surface area contributed by atoms with Gasteiger partial charge in [0.2, 0.25) is 15.9 Å². The molecular weight excluding hydrogens is 506 g/mol. The molecule has 38 heavy (non-hydrogen) atoms. The van der Waals surface area contributed by atoms with Crippen molar-refractivity contribution in [2.24, 2.45) is 11.8 Å². The van der Waals surface area contributed by atoms with Crippen LogP contribution in [-0.4, -0.2) is 52.8 Å². The SMILES string of the molecule is Cc1ccc(S(=O)(=O)NC(CCn2ccnc2[N+](=O)[O-])C(=O)N2CC[C@@H]3CCCC[C@H]3C2)c2ccccc12. The number of rotatable bonds is 8. The Morgan fingerprint density at radius 3 is 2.63 bits per heavy atom. The van der Waals surface area contributed by atoms with E-state index in [1.165, 1.54) is 29.8 Å². The standard InChI is InChI=1S/C27H33N5O5S/c1-19-10-11-25(23-9-5-4-8-22(19)23)38(36,37)29-24(13-16-30-17-14-28-27(30)32(34)35)26(33)31-15-12-20-6-2-3-7-21(20)18-31/h4-5,8-11,14,17,20-21,24,29H,2-3,6-7,12-13,15-16,18H2,1H3/t20-,21-,24?/m0/s1. The van der Waals surface area contributed by atoms with E-state index in [0.717, 1.165) is 30.2 Å². The van der Waals surface area contributed by atoms with Crippen LogP contribution in [-0.2, 0) is 21.4 Å². The second-order valence-electron chi connectivity index (χ2n) is 10.4. The molecule has 1 aromatic heterocycles. The summed E-state index contributed by atoms with van der Waals surface area (Å²) in [5.74, 6) is 0.438. The molecule has 10 nitrogen and oxygen atoms in total. The van der Waals surface area contributed by atoms with Gasteiger partial charge in [-0.3, -0.25) is 4.79 Å². The molecule has 0 bridgehead atoms. The summed E-state index contributed by atoms with van der Waals surface area (Å²) in [7, 11) is -4.08. The highest BCUT2D eigenvalue weighted by Crippen LogP contribution is 2.36. The largest absolute Gasteiger partial charge is 0.434 e. The van der Waals surface area contributed by atoms with Crippen LogP contribution < -0.4 is 4.72 Å². The molecule has 1 N–H and O–H groups in total. The van der Waals surface area contributed by atoms with Gasteiger partial charge < -0.3 is 15.0 Å². The van der Waals surface area contributed by atoms with E-state index in [2.05, 4.69) is 9.71 Å². The Morgan fingerprint density at radius 1 is 1.13 bits per heavy atom. The zero-order valence-electron chi connectivity index (χ0n) is 21.5. The number of nitro groups is 1. The molecule has 5 rings (SSSR count). The Hall–Kier alpha value is -3.31.